The number of carbonyl (C=O) groups is 5. The average Bonchev–Trinajstić information content (AvgIpc) is 3.25. The number of primary amides is 1. The number of aromatic nitrogens is 1. The summed E-state index contributed by atoms with van der Waals surface area (Å²) in [4.78, 5) is 63.4. The van der Waals surface area contributed by atoms with Crippen LogP contribution in [0.2, 0.25) is 0 Å². The van der Waals surface area contributed by atoms with Crippen molar-refractivity contribution < 1.29 is 39.3 Å². The maximum atomic E-state index is 12.8. The zero-order chi connectivity index (χ0) is 27.7. The lowest BCUT2D eigenvalue weighted by molar-refractivity contribution is -0.143. The van der Waals surface area contributed by atoms with E-state index in [1.165, 1.54) is 6.92 Å². The number of para-hydroxylation sites is 1. The summed E-state index contributed by atoms with van der Waals surface area (Å²) in [6.45, 7) is 0.332. The Bertz CT molecular complexity index is 1130. The number of hydrogen-bond donors (Lipinski definition) is 9. The molecular formula is C23H32N6O8. The van der Waals surface area contributed by atoms with Gasteiger partial charge >= 0.3 is 5.97 Å². The number of aliphatic carboxylic acids is 1. The van der Waals surface area contributed by atoms with Gasteiger partial charge in [-0.25, -0.2) is 4.79 Å². The largest absolute Gasteiger partial charge is 0.480 e. The number of amides is 4. The maximum absolute atomic E-state index is 12.8. The number of rotatable bonds is 14. The zero-order valence-corrected chi connectivity index (χ0v) is 20.1. The van der Waals surface area contributed by atoms with Crippen LogP contribution in [0.3, 0.4) is 0 Å². The van der Waals surface area contributed by atoms with Crippen LogP contribution >= 0.6 is 0 Å². The quantitative estimate of drug-likeness (QED) is 0.125. The highest BCUT2D eigenvalue weighted by molar-refractivity contribution is 5.94. The van der Waals surface area contributed by atoms with Crippen LogP contribution in [0.1, 0.15) is 25.3 Å². The van der Waals surface area contributed by atoms with Gasteiger partial charge in [-0.05, 0) is 25.0 Å². The summed E-state index contributed by atoms with van der Waals surface area (Å²) in [6, 6.07) is 1.48. The van der Waals surface area contributed by atoms with E-state index in [2.05, 4.69) is 20.9 Å². The van der Waals surface area contributed by atoms with Crippen LogP contribution in [-0.4, -0.2) is 86.8 Å². The summed E-state index contributed by atoms with van der Waals surface area (Å²) < 4.78 is 0. The van der Waals surface area contributed by atoms with E-state index < -0.39 is 66.5 Å². The number of H-pyrrole nitrogens is 1. The highest BCUT2D eigenvalue weighted by atomic mass is 16.4. The van der Waals surface area contributed by atoms with Crippen molar-refractivity contribution in [2.24, 2.45) is 11.5 Å². The molecule has 0 fully saturated rings. The van der Waals surface area contributed by atoms with Gasteiger partial charge in [0.15, 0.2) is 0 Å². The molecule has 1 aromatic carbocycles. The Morgan fingerprint density at radius 1 is 1.00 bits per heavy atom. The first-order valence-electron chi connectivity index (χ1n) is 11.5. The summed E-state index contributed by atoms with van der Waals surface area (Å²) in [5.74, 6) is -4.87. The molecule has 0 saturated heterocycles. The van der Waals surface area contributed by atoms with Crippen molar-refractivity contribution in [3.05, 3.63) is 36.0 Å². The van der Waals surface area contributed by atoms with Gasteiger partial charge in [0, 0.05) is 29.9 Å². The molecule has 14 heteroatoms. The third kappa shape index (κ3) is 8.27. The Morgan fingerprint density at radius 3 is 2.24 bits per heavy atom. The molecular weight excluding hydrogens is 488 g/mol. The number of carboxylic acid groups (broad SMARTS) is 1. The van der Waals surface area contributed by atoms with Crippen molar-refractivity contribution in [3.63, 3.8) is 0 Å². The number of aliphatic hydroxyl groups is 2. The Kier molecular flexibility index (Phi) is 10.5. The molecule has 11 N–H and O–H groups in total. The van der Waals surface area contributed by atoms with Crippen molar-refractivity contribution >= 4 is 40.5 Å². The molecule has 202 valence electrons. The first-order chi connectivity index (χ1) is 17.4. The smallest absolute Gasteiger partial charge is 0.326 e. The van der Waals surface area contributed by atoms with Crippen LogP contribution in [0.5, 0.6) is 0 Å². The number of fused-ring (bicyclic) bond motifs is 1. The number of nitrogens with two attached hydrogens (primary N) is 2. The summed E-state index contributed by atoms with van der Waals surface area (Å²) in [7, 11) is 0. The monoisotopic (exact) mass is 520 g/mol. The Morgan fingerprint density at radius 2 is 1.65 bits per heavy atom. The molecule has 1 aromatic heterocycles. The summed E-state index contributed by atoms with van der Waals surface area (Å²) in [5, 5.41) is 36.8. The molecule has 1 heterocycles. The standard InChI is InChI=1S/C23H32N6O8/c1-11(31)19(29-21(34)17(10-30)28-20(33)14(24)6-7-18(25)32)22(35)27-16(23(36)37)8-12-9-26-15-5-3-2-4-13(12)15/h2-5,9,11,14,16-17,19,26,30-31H,6-8,10,24H2,1H3,(H2,25,32)(H,27,35)(H,28,33)(H,29,34)(H,36,37). The molecule has 37 heavy (non-hydrogen) atoms. The van der Waals surface area contributed by atoms with Crippen molar-refractivity contribution in [2.75, 3.05) is 6.61 Å². The minimum atomic E-state index is -1.60. The highest BCUT2D eigenvalue weighted by Gasteiger charge is 2.33. The molecule has 5 unspecified atom stereocenters. The van der Waals surface area contributed by atoms with Crippen LogP contribution in [0.4, 0.5) is 0 Å². The number of aromatic amines is 1. The van der Waals surface area contributed by atoms with Crippen LogP contribution in [0.15, 0.2) is 30.5 Å². The van der Waals surface area contributed by atoms with Gasteiger partial charge in [-0.15, -0.1) is 0 Å². The summed E-state index contributed by atoms with van der Waals surface area (Å²) >= 11 is 0. The minimum Gasteiger partial charge on any atom is -0.480 e. The topological polar surface area (TPSA) is 250 Å². The number of aliphatic hydroxyl groups excluding tert-OH is 2. The Balaban J connectivity index is 2.07. The lowest BCUT2D eigenvalue weighted by Gasteiger charge is -2.26. The second-order valence-electron chi connectivity index (χ2n) is 8.55. The van der Waals surface area contributed by atoms with Gasteiger partial charge in [0.2, 0.25) is 23.6 Å². The molecule has 0 aliphatic carbocycles. The number of carboxylic acids is 1. The molecule has 0 radical (unpaired) electrons. The van der Waals surface area contributed by atoms with Crippen molar-refractivity contribution in [1.82, 2.24) is 20.9 Å². The van der Waals surface area contributed by atoms with Gasteiger partial charge in [-0.1, -0.05) is 18.2 Å². The first kappa shape index (κ1) is 29.2. The van der Waals surface area contributed by atoms with Gasteiger partial charge in [0.1, 0.15) is 18.1 Å². The van der Waals surface area contributed by atoms with E-state index in [-0.39, 0.29) is 19.3 Å². The Hall–Kier alpha value is -4.01. The lowest BCUT2D eigenvalue weighted by atomic mass is 10.0. The Labute approximate surface area is 211 Å². The third-order valence-corrected chi connectivity index (χ3v) is 5.63. The second kappa shape index (κ2) is 13.3. The van der Waals surface area contributed by atoms with Crippen LogP contribution in [-0.2, 0) is 30.4 Å². The van der Waals surface area contributed by atoms with Crippen molar-refractivity contribution in [1.29, 1.82) is 0 Å². The number of benzene rings is 1. The second-order valence-corrected chi connectivity index (χ2v) is 8.55. The summed E-state index contributed by atoms with van der Waals surface area (Å²) in [6.07, 6.45) is -0.169. The maximum Gasteiger partial charge on any atom is 0.326 e. The molecule has 0 bridgehead atoms. The molecule has 0 aliphatic heterocycles. The van der Waals surface area contributed by atoms with Crippen molar-refractivity contribution in [2.45, 2.75) is 56.5 Å². The fourth-order valence-corrected chi connectivity index (χ4v) is 3.54. The zero-order valence-electron chi connectivity index (χ0n) is 20.1. The molecule has 4 amide bonds. The predicted molar refractivity (Wildman–Crippen MR) is 131 cm³/mol. The summed E-state index contributed by atoms with van der Waals surface area (Å²) in [5.41, 5.74) is 12.1. The van der Waals surface area contributed by atoms with Crippen LogP contribution < -0.4 is 27.4 Å². The average molecular weight is 521 g/mol. The molecule has 14 nitrogen and oxygen atoms in total. The molecule has 0 saturated carbocycles. The number of carbonyl (C=O) groups excluding carboxylic acids is 4. The minimum absolute atomic E-state index is 0.0793. The predicted octanol–water partition coefficient (Wildman–Crippen LogP) is -2.78. The molecule has 0 aliphatic rings. The fraction of sp³-hybridized carbons (Fsp3) is 0.435. The van der Waals surface area contributed by atoms with E-state index in [4.69, 9.17) is 11.5 Å². The highest BCUT2D eigenvalue weighted by Crippen LogP contribution is 2.19. The molecule has 2 rings (SSSR count). The van der Waals surface area contributed by atoms with Gasteiger partial charge in [-0.3, -0.25) is 19.2 Å². The van der Waals surface area contributed by atoms with Gasteiger partial charge in [0.05, 0.1) is 18.8 Å². The van der Waals surface area contributed by atoms with Gasteiger partial charge in [-0.2, -0.15) is 0 Å². The normalized spacial score (nSPS) is 15.1. The SMILES string of the molecule is CC(O)C(NC(=O)C(CO)NC(=O)C(N)CCC(N)=O)C(=O)NC(Cc1c[nH]c2ccccc12)C(=O)O. The van der Waals surface area contributed by atoms with E-state index in [1.807, 2.05) is 12.1 Å². The van der Waals surface area contributed by atoms with Crippen LogP contribution in [0, 0.1) is 0 Å². The van der Waals surface area contributed by atoms with E-state index in [0.717, 1.165) is 10.9 Å². The lowest BCUT2D eigenvalue weighted by Crippen LogP contribution is -2.60. The number of hydrogen-bond acceptors (Lipinski definition) is 8. The first-order valence-corrected chi connectivity index (χ1v) is 11.5. The van der Waals surface area contributed by atoms with Crippen molar-refractivity contribution in [3.8, 4) is 0 Å². The van der Waals surface area contributed by atoms with E-state index in [1.54, 1.807) is 18.3 Å². The molecule has 0 spiro atoms. The van der Waals surface area contributed by atoms with Gasteiger partial charge in [0.25, 0.3) is 0 Å². The molecule has 2 aromatic rings. The van der Waals surface area contributed by atoms with E-state index in [0.29, 0.717) is 5.56 Å². The fourth-order valence-electron chi connectivity index (χ4n) is 3.54. The van der Waals surface area contributed by atoms with E-state index in [9.17, 15) is 39.3 Å². The number of nitrogens with one attached hydrogen (secondary N) is 4. The molecule has 5 atom stereocenters. The van der Waals surface area contributed by atoms with E-state index >= 15 is 0 Å². The van der Waals surface area contributed by atoms with Gasteiger partial charge < -0.3 is 47.7 Å². The van der Waals surface area contributed by atoms with Crippen LogP contribution in [0.25, 0.3) is 10.9 Å². The third-order valence-electron chi connectivity index (χ3n) is 5.63.